The van der Waals surface area contributed by atoms with E-state index in [0.717, 1.165) is 31.2 Å². The van der Waals surface area contributed by atoms with Crippen LogP contribution in [0.25, 0.3) is 0 Å². The van der Waals surface area contributed by atoms with Crippen LogP contribution in [0.3, 0.4) is 0 Å². The zero-order valence-corrected chi connectivity index (χ0v) is 14.3. The summed E-state index contributed by atoms with van der Waals surface area (Å²) < 4.78 is 0. The van der Waals surface area contributed by atoms with Gasteiger partial charge >= 0.3 is 0 Å². The molecule has 1 aliphatic rings. The topological polar surface area (TPSA) is 45.2 Å². The van der Waals surface area contributed by atoms with E-state index in [1.165, 1.54) is 24.1 Å². The van der Waals surface area contributed by atoms with Crippen molar-refractivity contribution in [2.45, 2.75) is 38.9 Å². The Bertz CT molecular complexity index is 611. The minimum atomic E-state index is 0.387. The summed E-state index contributed by atoms with van der Waals surface area (Å²) in [6.07, 6.45) is 4.39. The van der Waals surface area contributed by atoms with E-state index in [-0.39, 0.29) is 0 Å². The maximum Gasteiger partial charge on any atom is 0.125 e. The Balaban J connectivity index is 1.86. The molecule has 0 spiro atoms. The normalized spacial score (nSPS) is 19.2. The van der Waals surface area contributed by atoms with E-state index >= 15 is 0 Å². The third-order valence-corrected chi connectivity index (χ3v) is 4.67. The Kier molecular flexibility index (Phi) is 4.81. The molecular weight excluding hydrogens is 294 g/mol. The smallest absolute Gasteiger partial charge is 0.125 e. The number of thiazole rings is 1. The van der Waals surface area contributed by atoms with Crippen LogP contribution >= 0.6 is 11.3 Å². The van der Waals surface area contributed by atoms with Gasteiger partial charge < -0.3 is 4.90 Å². The SMILES string of the molecule is Cc1ncc(CN(C)C)c([C@H]2CCCN2Cc2cscn2)n1. The zero-order chi connectivity index (χ0) is 15.5. The Morgan fingerprint density at radius 3 is 2.95 bits per heavy atom. The molecule has 118 valence electrons. The molecule has 0 aromatic carbocycles. The fourth-order valence-corrected chi connectivity index (χ4v) is 3.66. The first-order valence-electron chi connectivity index (χ1n) is 7.71. The molecule has 0 N–H and O–H groups in total. The lowest BCUT2D eigenvalue weighted by molar-refractivity contribution is 0.238. The number of aryl methyl sites for hydroxylation is 1. The summed E-state index contributed by atoms with van der Waals surface area (Å²) in [6, 6.07) is 0.387. The number of hydrogen-bond acceptors (Lipinski definition) is 6. The summed E-state index contributed by atoms with van der Waals surface area (Å²) in [5, 5.41) is 2.14. The molecule has 5 nitrogen and oxygen atoms in total. The maximum atomic E-state index is 4.79. The van der Waals surface area contributed by atoms with Gasteiger partial charge in [-0.3, -0.25) is 4.90 Å². The van der Waals surface area contributed by atoms with Crippen molar-refractivity contribution >= 4 is 11.3 Å². The standard InChI is InChI=1S/C16H23N5S/c1-12-17-7-13(8-20(2)3)16(19-12)15-5-4-6-21(15)9-14-10-22-11-18-14/h7,10-11,15H,4-6,8-9H2,1-3H3/t15-/m1/s1. The van der Waals surface area contributed by atoms with Crippen molar-refractivity contribution in [3.8, 4) is 0 Å². The Morgan fingerprint density at radius 1 is 1.36 bits per heavy atom. The van der Waals surface area contributed by atoms with Gasteiger partial charge in [0.25, 0.3) is 0 Å². The van der Waals surface area contributed by atoms with Gasteiger partial charge in [0, 0.05) is 30.2 Å². The third-order valence-electron chi connectivity index (χ3n) is 4.03. The van der Waals surface area contributed by atoms with E-state index in [4.69, 9.17) is 4.98 Å². The van der Waals surface area contributed by atoms with Crippen molar-refractivity contribution in [1.82, 2.24) is 24.8 Å². The van der Waals surface area contributed by atoms with Gasteiger partial charge in [0.2, 0.25) is 0 Å². The molecule has 6 heteroatoms. The van der Waals surface area contributed by atoms with Crippen LogP contribution in [0.2, 0.25) is 0 Å². The van der Waals surface area contributed by atoms with Crippen LogP contribution in [-0.2, 0) is 13.1 Å². The Morgan fingerprint density at radius 2 is 2.23 bits per heavy atom. The van der Waals surface area contributed by atoms with Gasteiger partial charge in [-0.05, 0) is 40.4 Å². The first-order valence-corrected chi connectivity index (χ1v) is 8.66. The van der Waals surface area contributed by atoms with Crippen LogP contribution in [0, 0.1) is 6.92 Å². The van der Waals surface area contributed by atoms with Crippen LogP contribution in [0.15, 0.2) is 17.1 Å². The minimum absolute atomic E-state index is 0.387. The summed E-state index contributed by atoms with van der Waals surface area (Å²) in [5.41, 5.74) is 5.52. The van der Waals surface area contributed by atoms with Crippen molar-refractivity contribution in [1.29, 1.82) is 0 Å². The first-order chi connectivity index (χ1) is 10.6. The van der Waals surface area contributed by atoms with Crippen molar-refractivity contribution in [2.75, 3.05) is 20.6 Å². The van der Waals surface area contributed by atoms with E-state index in [1.807, 2.05) is 18.6 Å². The quantitative estimate of drug-likeness (QED) is 0.848. The third kappa shape index (κ3) is 3.51. The average molecular weight is 317 g/mol. The van der Waals surface area contributed by atoms with E-state index in [2.05, 4.69) is 39.2 Å². The highest BCUT2D eigenvalue weighted by molar-refractivity contribution is 7.07. The lowest BCUT2D eigenvalue weighted by Crippen LogP contribution is -2.26. The van der Waals surface area contributed by atoms with Crippen LogP contribution in [-0.4, -0.2) is 45.4 Å². The van der Waals surface area contributed by atoms with E-state index in [9.17, 15) is 0 Å². The molecule has 3 rings (SSSR count). The molecule has 0 unspecified atom stereocenters. The van der Waals surface area contributed by atoms with Gasteiger partial charge in [0.15, 0.2) is 0 Å². The number of hydrogen-bond donors (Lipinski definition) is 0. The molecule has 2 aromatic heterocycles. The summed E-state index contributed by atoms with van der Waals surface area (Å²) in [6.45, 7) is 4.89. The first kappa shape index (κ1) is 15.5. The highest BCUT2D eigenvalue weighted by Crippen LogP contribution is 2.34. The van der Waals surface area contributed by atoms with Gasteiger partial charge in [-0.1, -0.05) is 0 Å². The van der Waals surface area contributed by atoms with E-state index in [1.54, 1.807) is 11.3 Å². The fraction of sp³-hybridized carbons (Fsp3) is 0.562. The van der Waals surface area contributed by atoms with Crippen molar-refractivity contribution < 1.29 is 0 Å². The molecule has 0 aliphatic carbocycles. The number of likely N-dealkylation sites (tertiary alicyclic amines) is 1. The van der Waals surface area contributed by atoms with E-state index < -0.39 is 0 Å². The second kappa shape index (κ2) is 6.81. The van der Waals surface area contributed by atoms with Crippen LogP contribution in [0.4, 0.5) is 0 Å². The molecule has 1 fully saturated rings. The van der Waals surface area contributed by atoms with Gasteiger partial charge in [-0.15, -0.1) is 11.3 Å². The minimum Gasteiger partial charge on any atom is -0.305 e. The summed E-state index contributed by atoms with van der Waals surface area (Å²) in [4.78, 5) is 18.3. The monoisotopic (exact) mass is 317 g/mol. The van der Waals surface area contributed by atoms with Crippen LogP contribution < -0.4 is 0 Å². The van der Waals surface area contributed by atoms with Gasteiger partial charge in [0.05, 0.1) is 22.9 Å². The Hall–Kier alpha value is -1.37. The molecular formula is C16H23N5S. The average Bonchev–Trinajstić information content (AvgIpc) is 3.12. The van der Waals surface area contributed by atoms with Crippen molar-refractivity contribution in [3.05, 3.63) is 39.9 Å². The molecule has 1 saturated heterocycles. The Labute approximate surface area is 136 Å². The second-order valence-corrected chi connectivity index (χ2v) is 6.89. The molecule has 3 heterocycles. The van der Waals surface area contributed by atoms with Gasteiger partial charge in [-0.25, -0.2) is 15.0 Å². The van der Waals surface area contributed by atoms with E-state index in [0.29, 0.717) is 6.04 Å². The summed E-state index contributed by atoms with van der Waals surface area (Å²) >= 11 is 1.66. The number of aromatic nitrogens is 3. The lowest BCUT2D eigenvalue weighted by atomic mass is 10.1. The van der Waals surface area contributed by atoms with Crippen LogP contribution in [0.1, 0.15) is 41.7 Å². The fourth-order valence-electron chi connectivity index (χ4n) is 3.11. The highest BCUT2D eigenvalue weighted by Gasteiger charge is 2.29. The van der Waals surface area contributed by atoms with Crippen molar-refractivity contribution in [3.63, 3.8) is 0 Å². The molecule has 0 radical (unpaired) electrons. The second-order valence-electron chi connectivity index (χ2n) is 6.17. The largest absolute Gasteiger partial charge is 0.305 e. The molecule has 2 aromatic rings. The van der Waals surface area contributed by atoms with Gasteiger partial charge in [0.1, 0.15) is 5.82 Å². The molecule has 1 atom stereocenters. The molecule has 0 saturated carbocycles. The predicted molar refractivity (Wildman–Crippen MR) is 88.7 cm³/mol. The van der Waals surface area contributed by atoms with Crippen molar-refractivity contribution in [2.24, 2.45) is 0 Å². The number of rotatable bonds is 5. The highest BCUT2D eigenvalue weighted by atomic mass is 32.1. The van der Waals surface area contributed by atoms with Crippen LogP contribution in [0.5, 0.6) is 0 Å². The molecule has 0 amide bonds. The summed E-state index contributed by atoms with van der Waals surface area (Å²) in [7, 11) is 4.18. The lowest BCUT2D eigenvalue weighted by Gasteiger charge is -2.26. The molecule has 1 aliphatic heterocycles. The maximum absolute atomic E-state index is 4.79. The number of nitrogens with zero attached hydrogens (tertiary/aromatic N) is 5. The predicted octanol–water partition coefficient (Wildman–Crippen LogP) is 2.64. The summed E-state index contributed by atoms with van der Waals surface area (Å²) in [5.74, 6) is 0.859. The van der Waals surface area contributed by atoms with Gasteiger partial charge in [-0.2, -0.15) is 0 Å². The molecule has 0 bridgehead atoms. The molecule has 22 heavy (non-hydrogen) atoms. The zero-order valence-electron chi connectivity index (χ0n) is 13.5.